The average Bonchev–Trinajstić information content (AvgIpc) is 3.39. The Morgan fingerprint density at radius 3 is 2.07 bits per heavy atom. The van der Waals surface area contributed by atoms with E-state index in [9.17, 15) is 18.8 Å². The minimum Gasteiger partial charge on any atom is -0.444 e. The van der Waals surface area contributed by atoms with Crippen molar-refractivity contribution in [2.45, 2.75) is 52.7 Å². The first-order chi connectivity index (χ1) is 19.7. The lowest BCUT2D eigenvalue weighted by Crippen LogP contribution is -2.50. The van der Waals surface area contributed by atoms with E-state index in [-0.39, 0.29) is 29.4 Å². The Morgan fingerprint density at radius 2 is 1.45 bits per heavy atom. The van der Waals surface area contributed by atoms with Gasteiger partial charge in [-0.3, -0.25) is 10.1 Å². The molecule has 12 heteroatoms. The lowest BCUT2D eigenvalue weighted by Gasteiger charge is -2.34. The molecule has 2 aromatic carbocycles. The highest BCUT2D eigenvalue weighted by atomic mass is 19.1. The number of anilines is 3. The molecule has 0 aliphatic carbocycles. The van der Waals surface area contributed by atoms with Crippen molar-refractivity contribution < 1.29 is 32.7 Å². The van der Waals surface area contributed by atoms with E-state index >= 15 is 0 Å². The fourth-order valence-electron chi connectivity index (χ4n) is 4.10. The first-order valence-electron chi connectivity index (χ1n) is 13.6. The number of aromatic nitrogens is 1. The molecule has 2 heterocycles. The molecule has 1 aliphatic heterocycles. The monoisotopic (exact) mass is 581 g/mol. The Hall–Kier alpha value is -4.61. The molecular weight excluding hydrogens is 545 g/mol. The maximum absolute atomic E-state index is 13.5. The summed E-state index contributed by atoms with van der Waals surface area (Å²) in [6, 6.07) is 11.2. The summed E-state index contributed by atoms with van der Waals surface area (Å²) in [4.78, 5) is 45.8. The van der Waals surface area contributed by atoms with E-state index in [1.54, 1.807) is 56.0 Å². The van der Waals surface area contributed by atoms with Gasteiger partial charge in [-0.15, -0.1) is 0 Å². The van der Waals surface area contributed by atoms with Gasteiger partial charge in [-0.05, 0) is 76.9 Å². The van der Waals surface area contributed by atoms with Crippen molar-refractivity contribution in [1.29, 1.82) is 0 Å². The van der Waals surface area contributed by atoms with Gasteiger partial charge in [0.15, 0.2) is 0 Å². The average molecular weight is 582 g/mol. The van der Waals surface area contributed by atoms with Gasteiger partial charge in [-0.2, -0.15) is 0 Å². The highest BCUT2D eigenvalue weighted by Gasteiger charge is 2.28. The largest absolute Gasteiger partial charge is 0.444 e. The van der Waals surface area contributed by atoms with Crippen molar-refractivity contribution >= 4 is 35.5 Å². The normalized spacial score (nSPS) is 13.9. The van der Waals surface area contributed by atoms with Crippen molar-refractivity contribution in [1.82, 2.24) is 9.88 Å². The molecule has 42 heavy (non-hydrogen) atoms. The summed E-state index contributed by atoms with van der Waals surface area (Å²) in [7, 11) is 0. The predicted molar refractivity (Wildman–Crippen MR) is 156 cm³/mol. The molecule has 3 aromatic rings. The van der Waals surface area contributed by atoms with E-state index < -0.39 is 23.2 Å². The molecular formula is C30H36FN5O6. The molecule has 0 saturated carbocycles. The molecule has 1 fully saturated rings. The van der Waals surface area contributed by atoms with Crippen LogP contribution in [0.4, 0.5) is 31.4 Å². The number of halogens is 1. The minimum atomic E-state index is -0.726. The molecule has 1 aromatic heterocycles. The van der Waals surface area contributed by atoms with Gasteiger partial charge in [0, 0.05) is 26.2 Å². The van der Waals surface area contributed by atoms with Crippen LogP contribution in [0.3, 0.4) is 0 Å². The molecule has 0 spiro atoms. The summed E-state index contributed by atoms with van der Waals surface area (Å²) in [6.07, 6.45) is 0.240. The Kier molecular flexibility index (Phi) is 8.74. The zero-order valence-electron chi connectivity index (χ0n) is 24.6. The third kappa shape index (κ3) is 8.21. The van der Waals surface area contributed by atoms with E-state index in [0.717, 1.165) is 0 Å². The molecule has 3 amide bonds. The third-order valence-electron chi connectivity index (χ3n) is 6.00. The van der Waals surface area contributed by atoms with Gasteiger partial charge in [0.25, 0.3) is 11.9 Å². The first kappa shape index (κ1) is 30.4. The van der Waals surface area contributed by atoms with Crippen molar-refractivity contribution in [3.63, 3.8) is 0 Å². The van der Waals surface area contributed by atoms with E-state index in [1.165, 1.54) is 18.3 Å². The molecule has 0 radical (unpaired) electrons. The van der Waals surface area contributed by atoms with Crippen LogP contribution >= 0.6 is 0 Å². The fourth-order valence-corrected chi connectivity index (χ4v) is 4.10. The van der Waals surface area contributed by atoms with Crippen molar-refractivity contribution in [2.24, 2.45) is 0 Å². The molecule has 2 N–H and O–H groups in total. The Morgan fingerprint density at radius 1 is 0.833 bits per heavy atom. The second-order valence-electron chi connectivity index (χ2n) is 11.8. The van der Waals surface area contributed by atoms with E-state index in [1.807, 2.05) is 25.7 Å². The minimum absolute atomic E-state index is 0.0463. The Balaban J connectivity index is 1.48. The summed E-state index contributed by atoms with van der Waals surface area (Å²) in [5.74, 6) is -1.01. The summed E-state index contributed by atoms with van der Waals surface area (Å²) in [6.45, 7) is 12.4. The number of benzene rings is 2. The molecule has 0 bridgehead atoms. The maximum Gasteiger partial charge on any atom is 0.412 e. The molecule has 11 nitrogen and oxygen atoms in total. The van der Waals surface area contributed by atoms with Gasteiger partial charge in [-0.1, -0.05) is 18.2 Å². The number of carbonyl (C=O) groups excluding carboxylic acids is 3. The number of rotatable bonds is 5. The van der Waals surface area contributed by atoms with Crippen molar-refractivity contribution in [3.05, 3.63) is 60.2 Å². The van der Waals surface area contributed by atoms with E-state index in [0.29, 0.717) is 43.0 Å². The van der Waals surface area contributed by atoms with Crippen LogP contribution in [0.1, 0.15) is 52.1 Å². The Labute approximate surface area is 244 Å². The van der Waals surface area contributed by atoms with Crippen LogP contribution in [-0.4, -0.2) is 65.4 Å². The van der Waals surface area contributed by atoms with Crippen molar-refractivity contribution in [2.75, 3.05) is 41.7 Å². The lowest BCUT2D eigenvalue weighted by atomic mass is 10.0. The molecule has 1 aliphatic rings. The fraction of sp³-hybridized carbons (Fsp3) is 0.400. The summed E-state index contributed by atoms with van der Waals surface area (Å²) in [5.41, 5.74) is 0.651. The number of nitrogens with zero attached hydrogens (tertiary/aromatic N) is 3. The SMILES string of the molecule is CC(C)(C)OC(=O)Nc1ccc(-c2ccc(F)cc2)cc1NC(=O)c1cnc(N2CCN(C(=O)OC(C)(C)C)CC2)o1. The summed E-state index contributed by atoms with van der Waals surface area (Å²) >= 11 is 0. The van der Waals surface area contributed by atoms with E-state index in [2.05, 4.69) is 15.6 Å². The van der Waals surface area contributed by atoms with Gasteiger partial charge in [0.1, 0.15) is 17.0 Å². The van der Waals surface area contributed by atoms with Crippen LogP contribution < -0.4 is 15.5 Å². The van der Waals surface area contributed by atoms with Gasteiger partial charge < -0.3 is 29.0 Å². The topological polar surface area (TPSA) is 126 Å². The number of ether oxygens (including phenoxy) is 2. The lowest BCUT2D eigenvalue weighted by molar-refractivity contribution is 0.0238. The molecule has 0 unspecified atom stereocenters. The maximum atomic E-state index is 13.5. The first-order valence-corrected chi connectivity index (χ1v) is 13.6. The van der Waals surface area contributed by atoms with Crippen LogP contribution in [-0.2, 0) is 9.47 Å². The number of hydrogen-bond acceptors (Lipinski definition) is 8. The summed E-state index contributed by atoms with van der Waals surface area (Å²) < 4.78 is 30.0. The summed E-state index contributed by atoms with van der Waals surface area (Å²) in [5, 5.41) is 5.43. The van der Waals surface area contributed by atoms with E-state index in [4.69, 9.17) is 13.9 Å². The third-order valence-corrected chi connectivity index (χ3v) is 6.00. The predicted octanol–water partition coefficient (Wildman–Crippen LogP) is 6.14. The Bertz CT molecular complexity index is 1430. The number of carbonyl (C=O) groups is 3. The van der Waals surface area contributed by atoms with Crippen LogP contribution in [0, 0.1) is 5.82 Å². The molecule has 1 saturated heterocycles. The molecule has 0 atom stereocenters. The van der Waals surface area contributed by atoms with Gasteiger partial charge in [0.2, 0.25) is 5.76 Å². The van der Waals surface area contributed by atoms with Crippen LogP contribution in [0.25, 0.3) is 11.1 Å². The number of nitrogens with one attached hydrogen (secondary N) is 2. The van der Waals surface area contributed by atoms with Gasteiger partial charge >= 0.3 is 12.2 Å². The number of piperazine rings is 1. The highest BCUT2D eigenvalue weighted by Crippen LogP contribution is 2.31. The quantitative estimate of drug-likeness (QED) is 0.368. The number of oxazole rings is 1. The number of hydrogen-bond donors (Lipinski definition) is 2. The second kappa shape index (κ2) is 12.1. The van der Waals surface area contributed by atoms with Crippen LogP contribution in [0.15, 0.2) is 53.1 Å². The van der Waals surface area contributed by atoms with Crippen LogP contribution in [0.5, 0.6) is 0 Å². The zero-order chi connectivity index (χ0) is 30.7. The van der Waals surface area contributed by atoms with Crippen molar-refractivity contribution in [3.8, 4) is 11.1 Å². The molecule has 4 rings (SSSR count). The standard InChI is InChI=1S/C30H36FN5O6/c1-29(2,3)41-27(38)34-22-12-9-20(19-7-10-21(31)11-8-19)17-23(22)33-25(37)24-18-32-26(40-24)35-13-15-36(16-14-35)28(39)42-30(4,5)6/h7-12,17-18H,13-16H2,1-6H3,(H,33,37)(H,34,38). The zero-order valence-corrected chi connectivity index (χ0v) is 24.6. The van der Waals surface area contributed by atoms with Gasteiger partial charge in [0.05, 0.1) is 17.6 Å². The van der Waals surface area contributed by atoms with Gasteiger partial charge in [-0.25, -0.2) is 19.0 Å². The second-order valence-corrected chi connectivity index (χ2v) is 11.8. The smallest absolute Gasteiger partial charge is 0.412 e. The van der Waals surface area contributed by atoms with Crippen LogP contribution in [0.2, 0.25) is 0 Å². The number of amides is 3. The molecule has 224 valence electrons. The highest BCUT2D eigenvalue weighted by molar-refractivity contribution is 6.05.